The lowest BCUT2D eigenvalue weighted by Gasteiger charge is -2.01. The van der Waals surface area contributed by atoms with Crippen molar-refractivity contribution in [1.29, 1.82) is 0 Å². The first-order chi connectivity index (χ1) is 14.9. The molecule has 2 nitrogen and oxygen atoms in total. The van der Waals surface area contributed by atoms with E-state index in [1.165, 1.54) is 21.5 Å². The first kappa shape index (κ1) is 33.4. The summed E-state index contributed by atoms with van der Waals surface area (Å²) in [7, 11) is -24.0. The lowest BCUT2D eigenvalue weighted by atomic mass is 10.1. The summed E-state index contributed by atoms with van der Waals surface area (Å²) in [5.41, 5.74) is 0. The molecule has 0 radical (unpaired) electrons. The Morgan fingerprint density at radius 2 is 0.588 bits per heavy atom. The zero-order chi connectivity index (χ0) is 27.4. The van der Waals surface area contributed by atoms with Crippen LogP contribution in [-0.4, -0.2) is 39.0 Å². The molecular weight excluding hydrogens is 519 g/mol. The molecule has 0 spiro atoms. The zero-order valence-corrected chi connectivity index (χ0v) is 15.9. The van der Waals surface area contributed by atoms with E-state index in [-0.39, 0.29) is 0 Å². The van der Waals surface area contributed by atoms with Crippen LogP contribution in [0.3, 0.4) is 0 Å². The molecule has 34 heavy (non-hydrogen) atoms. The monoisotopic (exact) mass is 528 g/mol. The number of fused-ring (bicyclic) bond motifs is 3. The summed E-state index contributed by atoms with van der Waals surface area (Å²) in [5, 5.41) is 4.82. The van der Waals surface area contributed by atoms with Crippen molar-refractivity contribution in [2.45, 2.75) is 0 Å². The summed E-state index contributed by atoms with van der Waals surface area (Å²) >= 11 is 0. The maximum atomic E-state index is 9.75. The van der Waals surface area contributed by atoms with Gasteiger partial charge in [0.1, 0.15) is 0 Å². The Morgan fingerprint density at radius 3 is 0.794 bits per heavy atom. The molecule has 0 atom stereocenters. The van der Waals surface area contributed by atoms with Gasteiger partial charge in [-0.25, -0.2) is 0 Å². The fourth-order valence-electron chi connectivity index (χ4n) is 1.75. The molecule has 0 saturated carbocycles. The third-order valence-electron chi connectivity index (χ3n) is 2.44. The van der Waals surface area contributed by atoms with Gasteiger partial charge in [-0.1, -0.05) is 12.1 Å². The Kier molecular flexibility index (Phi) is 13.5. The van der Waals surface area contributed by atoms with Gasteiger partial charge in [0.2, 0.25) is 0 Å². The Bertz CT molecular complexity index is 845. The average molecular weight is 527 g/mol. The van der Waals surface area contributed by atoms with Crippen molar-refractivity contribution in [2.75, 3.05) is 0 Å². The Morgan fingerprint density at radius 1 is 0.382 bits per heavy atom. The van der Waals surface area contributed by atoms with E-state index >= 15 is 0 Å². The first-order valence-corrected chi connectivity index (χ1v) is 8.01. The fourth-order valence-corrected chi connectivity index (χ4v) is 1.75. The van der Waals surface area contributed by atoms with Gasteiger partial charge in [-0.2, -0.15) is 0 Å². The van der Waals surface area contributed by atoms with Crippen molar-refractivity contribution in [1.82, 2.24) is 9.97 Å². The molecule has 0 bridgehead atoms. The van der Waals surface area contributed by atoms with Gasteiger partial charge >= 0.3 is 29.0 Å². The molecule has 2 heterocycles. The molecule has 0 aliphatic heterocycles. The smallest absolute Gasteiger partial charge is 0.418 e. The van der Waals surface area contributed by atoms with Crippen LogP contribution in [0.4, 0.5) is 69.1 Å². The minimum Gasteiger partial charge on any atom is -0.418 e. The van der Waals surface area contributed by atoms with Crippen molar-refractivity contribution in [3.8, 4) is 0 Å². The van der Waals surface area contributed by atoms with Crippen molar-refractivity contribution in [3.05, 3.63) is 49.1 Å². The number of aromatic nitrogens is 2. The molecule has 3 rings (SSSR count). The summed E-state index contributed by atoms with van der Waals surface area (Å²) in [4.78, 5) is 8.21. The molecule has 0 amide bonds. The maximum Gasteiger partial charge on any atom is 0.673 e. The fraction of sp³-hybridized carbons (Fsp3) is 0. The van der Waals surface area contributed by atoms with E-state index < -0.39 is 29.0 Å². The van der Waals surface area contributed by atoms with Gasteiger partial charge in [0.05, 0.1) is 0 Å². The van der Waals surface area contributed by atoms with Crippen molar-refractivity contribution >= 4 is 50.6 Å². The molecule has 0 aliphatic rings. The van der Waals surface area contributed by atoms with Crippen LogP contribution in [-0.2, 0) is 0 Å². The number of hydrogen-bond donors (Lipinski definition) is 0. The van der Waals surface area contributed by atoms with E-state index in [0.717, 1.165) is 0 Å². The normalized spacial score (nSPS) is 11.5. The third-order valence-corrected chi connectivity index (χ3v) is 2.44. The highest BCUT2D eigenvalue weighted by atomic mass is 19.5. The topological polar surface area (TPSA) is 25.8 Å². The summed E-state index contributed by atoms with van der Waals surface area (Å²) < 4.78 is 156. The van der Waals surface area contributed by atoms with Crippen LogP contribution in [0, 0.1) is 0 Å². The first-order valence-electron chi connectivity index (χ1n) is 8.01. The van der Waals surface area contributed by atoms with Gasteiger partial charge in [-0.05, 0) is 22.9 Å². The summed E-state index contributed by atoms with van der Waals surface area (Å²) in [6.07, 6.45) is 7.41. The van der Waals surface area contributed by atoms with Crippen LogP contribution in [0.5, 0.6) is 0 Å². The predicted molar refractivity (Wildman–Crippen MR) is 97.8 cm³/mol. The van der Waals surface area contributed by atoms with Gasteiger partial charge < -0.3 is 69.1 Å². The van der Waals surface area contributed by atoms with E-state index in [4.69, 9.17) is 0 Å². The molecule has 0 unspecified atom stereocenters. The second kappa shape index (κ2) is 13.8. The van der Waals surface area contributed by atoms with E-state index in [0.29, 0.717) is 0 Å². The van der Waals surface area contributed by atoms with Gasteiger partial charge in [0.15, 0.2) is 0 Å². The van der Waals surface area contributed by atoms with Gasteiger partial charge in [0.25, 0.3) is 0 Å². The summed E-state index contributed by atoms with van der Waals surface area (Å²) in [5.74, 6) is 0. The van der Waals surface area contributed by atoms with Crippen LogP contribution < -0.4 is 0 Å². The summed E-state index contributed by atoms with van der Waals surface area (Å²) in [6, 6.07) is 8.23. The second-order valence-electron chi connectivity index (χ2n) is 5.24. The van der Waals surface area contributed by atoms with Crippen LogP contribution in [0.15, 0.2) is 49.1 Å². The molecule has 1 aromatic carbocycles. The van der Waals surface area contributed by atoms with Gasteiger partial charge in [0, 0.05) is 35.6 Å². The van der Waals surface area contributed by atoms with Crippen LogP contribution in [0.2, 0.25) is 0 Å². The molecule has 194 valence electrons. The largest absolute Gasteiger partial charge is 0.673 e. The number of hydrogen-bond acceptors (Lipinski definition) is 2. The lowest BCUT2D eigenvalue weighted by Crippen LogP contribution is -2.02. The quantitative estimate of drug-likeness (QED) is 0.168. The molecule has 22 heteroatoms. The number of nitrogens with zero attached hydrogens (tertiary/aromatic N) is 2. The highest BCUT2D eigenvalue weighted by molar-refractivity contribution is 6.50. The van der Waals surface area contributed by atoms with E-state index in [2.05, 4.69) is 22.1 Å². The zero-order valence-electron chi connectivity index (χ0n) is 15.9. The van der Waals surface area contributed by atoms with E-state index in [1.807, 2.05) is 36.9 Å². The maximum absolute atomic E-state index is 9.75. The minimum atomic E-state index is -6.00. The minimum absolute atomic E-state index is 1.17. The van der Waals surface area contributed by atoms with Crippen LogP contribution in [0.1, 0.15) is 0 Å². The van der Waals surface area contributed by atoms with Crippen LogP contribution in [0.25, 0.3) is 21.5 Å². The summed E-state index contributed by atoms with van der Waals surface area (Å²) in [6.45, 7) is 0. The average Bonchev–Trinajstić information content (AvgIpc) is 2.56. The Labute approximate surface area is 179 Å². The van der Waals surface area contributed by atoms with Gasteiger partial charge in [-0.15, -0.1) is 0 Å². The predicted octanol–water partition coefficient (Wildman–Crippen LogP) is 7.98. The molecule has 0 saturated heterocycles. The lowest BCUT2D eigenvalue weighted by molar-refractivity contribution is 0.366. The molecule has 3 aromatic rings. The van der Waals surface area contributed by atoms with Gasteiger partial charge in [-0.3, -0.25) is 9.97 Å². The van der Waals surface area contributed by atoms with Crippen LogP contribution >= 0.6 is 0 Å². The number of pyridine rings is 2. The van der Waals surface area contributed by atoms with E-state index in [1.54, 1.807) is 0 Å². The standard InChI is InChI=1S/C12H8N2.4BF4/c1-2-10-8-14-6-4-12(10)11-3-5-13-7-9(1)11;4*2-1(3,4)5/h1-8H;;;;/q;4*-1. The molecule has 0 N–H and O–H groups in total. The molecular formula is C12H8B4F16N2-4. The Balaban J connectivity index is 0. The Hall–Kier alpha value is -2.82. The third kappa shape index (κ3) is 29.2. The van der Waals surface area contributed by atoms with E-state index in [9.17, 15) is 69.1 Å². The number of halogens is 16. The second-order valence-corrected chi connectivity index (χ2v) is 5.24. The molecule has 2 aromatic heterocycles. The van der Waals surface area contributed by atoms with Crippen molar-refractivity contribution < 1.29 is 69.1 Å². The van der Waals surface area contributed by atoms with Crippen molar-refractivity contribution in [3.63, 3.8) is 0 Å². The molecule has 0 aliphatic carbocycles. The SMILES string of the molecule is F[B-](F)(F)F.F[B-](F)(F)F.F[B-](F)(F)F.F[B-](F)(F)F.c1cc2c(ccc3cnccc32)cn1. The number of rotatable bonds is 0. The highest BCUT2D eigenvalue weighted by Gasteiger charge is 2.21. The number of benzene rings is 1. The highest BCUT2D eigenvalue weighted by Crippen LogP contribution is 2.23. The van der Waals surface area contributed by atoms with Crippen molar-refractivity contribution in [2.24, 2.45) is 0 Å². The molecule has 0 fully saturated rings.